The van der Waals surface area contributed by atoms with Gasteiger partial charge in [0.2, 0.25) is 0 Å². The van der Waals surface area contributed by atoms with Crippen molar-refractivity contribution in [3.05, 3.63) is 0 Å². The minimum atomic E-state index is 0.681. The molecule has 2 fully saturated rings. The fraction of sp³-hybridized carbons (Fsp3) is 1.00. The van der Waals surface area contributed by atoms with Crippen LogP contribution in [0.1, 0.15) is 46.5 Å². The molecule has 2 atom stereocenters. The molecule has 1 N–H and O–H groups in total. The molecule has 0 bridgehead atoms. The van der Waals surface area contributed by atoms with Gasteiger partial charge in [-0.2, -0.15) is 0 Å². The molecular weight excluding hydrogens is 184 g/mol. The van der Waals surface area contributed by atoms with Crippen LogP contribution in [0, 0.1) is 5.92 Å². The Kier molecular flexibility index (Phi) is 3.68. The van der Waals surface area contributed by atoms with Gasteiger partial charge in [0.15, 0.2) is 0 Å². The summed E-state index contributed by atoms with van der Waals surface area (Å²) in [6.45, 7) is 9.51. The van der Waals surface area contributed by atoms with Gasteiger partial charge in [0, 0.05) is 31.2 Å². The van der Waals surface area contributed by atoms with Gasteiger partial charge in [-0.15, -0.1) is 0 Å². The first-order valence-electron chi connectivity index (χ1n) is 6.66. The number of rotatable bonds is 1. The summed E-state index contributed by atoms with van der Waals surface area (Å²) in [5, 5.41) is 3.57. The maximum absolute atomic E-state index is 3.57. The molecule has 0 spiro atoms. The van der Waals surface area contributed by atoms with E-state index in [1.807, 2.05) is 0 Å². The maximum Gasteiger partial charge on any atom is 0.0196 e. The van der Waals surface area contributed by atoms with Crippen LogP contribution in [0.25, 0.3) is 0 Å². The topological polar surface area (TPSA) is 15.3 Å². The van der Waals surface area contributed by atoms with Gasteiger partial charge in [-0.05, 0) is 45.4 Å². The highest BCUT2D eigenvalue weighted by molar-refractivity contribution is 4.88. The van der Waals surface area contributed by atoms with Crippen molar-refractivity contribution in [1.82, 2.24) is 10.2 Å². The maximum atomic E-state index is 3.57. The molecule has 1 aliphatic carbocycles. The lowest BCUT2D eigenvalue weighted by molar-refractivity contribution is 0.0657. The van der Waals surface area contributed by atoms with E-state index >= 15 is 0 Å². The monoisotopic (exact) mass is 210 g/mol. The largest absolute Gasteiger partial charge is 0.311 e. The van der Waals surface area contributed by atoms with Crippen LogP contribution in [0.4, 0.5) is 0 Å². The van der Waals surface area contributed by atoms with Crippen molar-refractivity contribution >= 4 is 0 Å². The zero-order chi connectivity index (χ0) is 10.8. The van der Waals surface area contributed by atoms with Crippen LogP contribution in [0.5, 0.6) is 0 Å². The SMILES string of the molecule is CC1CCC(N2CC(C)NCC2C)CC1. The molecule has 0 aromatic heterocycles. The number of piperazine rings is 1. The van der Waals surface area contributed by atoms with Crippen LogP contribution in [0.15, 0.2) is 0 Å². The molecule has 2 unspecified atom stereocenters. The molecule has 0 aromatic rings. The third-order valence-corrected chi connectivity index (χ3v) is 4.27. The second kappa shape index (κ2) is 4.84. The van der Waals surface area contributed by atoms with E-state index in [9.17, 15) is 0 Å². The van der Waals surface area contributed by atoms with E-state index in [0.29, 0.717) is 6.04 Å². The Bertz CT molecular complexity index is 197. The Morgan fingerprint density at radius 1 is 1.00 bits per heavy atom. The average Bonchev–Trinajstić information content (AvgIpc) is 2.23. The summed E-state index contributed by atoms with van der Waals surface area (Å²) in [5.74, 6) is 0.969. The first kappa shape index (κ1) is 11.4. The van der Waals surface area contributed by atoms with Gasteiger partial charge in [0.05, 0.1) is 0 Å². The van der Waals surface area contributed by atoms with Gasteiger partial charge in [0.1, 0.15) is 0 Å². The van der Waals surface area contributed by atoms with E-state index in [-0.39, 0.29) is 0 Å². The number of hydrogen-bond acceptors (Lipinski definition) is 2. The van der Waals surface area contributed by atoms with Gasteiger partial charge in [-0.25, -0.2) is 0 Å². The standard InChI is InChI=1S/C13H26N2/c1-10-4-6-13(7-5-10)15-9-11(2)14-8-12(15)3/h10-14H,4-9H2,1-3H3. The average molecular weight is 210 g/mol. The molecule has 1 saturated carbocycles. The van der Waals surface area contributed by atoms with Crippen molar-refractivity contribution < 1.29 is 0 Å². The van der Waals surface area contributed by atoms with Gasteiger partial charge in [-0.1, -0.05) is 6.92 Å². The van der Waals surface area contributed by atoms with Crippen LogP contribution < -0.4 is 5.32 Å². The summed E-state index contributed by atoms with van der Waals surface area (Å²) in [7, 11) is 0. The van der Waals surface area contributed by atoms with Gasteiger partial charge in [0.25, 0.3) is 0 Å². The van der Waals surface area contributed by atoms with Gasteiger partial charge in [-0.3, -0.25) is 4.90 Å². The van der Waals surface area contributed by atoms with Crippen molar-refractivity contribution in [2.75, 3.05) is 13.1 Å². The highest BCUT2D eigenvalue weighted by Crippen LogP contribution is 2.28. The second-order valence-electron chi connectivity index (χ2n) is 5.77. The van der Waals surface area contributed by atoms with E-state index in [1.165, 1.54) is 38.8 Å². The number of nitrogens with one attached hydrogen (secondary N) is 1. The lowest BCUT2D eigenvalue weighted by atomic mass is 9.85. The smallest absolute Gasteiger partial charge is 0.0196 e. The van der Waals surface area contributed by atoms with Crippen molar-refractivity contribution in [1.29, 1.82) is 0 Å². The molecule has 0 amide bonds. The zero-order valence-corrected chi connectivity index (χ0v) is 10.5. The summed E-state index contributed by atoms with van der Waals surface area (Å²) in [5.41, 5.74) is 0. The molecule has 2 aliphatic rings. The fourth-order valence-electron chi connectivity index (χ4n) is 3.13. The van der Waals surface area contributed by atoms with Crippen LogP contribution >= 0.6 is 0 Å². The number of nitrogens with zero attached hydrogens (tertiary/aromatic N) is 1. The Hall–Kier alpha value is -0.0800. The third kappa shape index (κ3) is 2.73. The Morgan fingerprint density at radius 2 is 1.67 bits per heavy atom. The van der Waals surface area contributed by atoms with Crippen molar-refractivity contribution in [2.45, 2.75) is 64.6 Å². The number of hydrogen-bond donors (Lipinski definition) is 1. The van der Waals surface area contributed by atoms with E-state index in [4.69, 9.17) is 0 Å². The Morgan fingerprint density at radius 3 is 2.33 bits per heavy atom. The first-order valence-corrected chi connectivity index (χ1v) is 6.66. The van der Waals surface area contributed by atoms with E-state index in [1.54, 1.807) is 0 Å². The molecule has 1 aliphatic heterocycles. The molecule has 0 radical (unpaired) electrons. The molecule has 1 heterocycles. The summed E-state index contributed by atoms with van der Waals surface area (Å²) in [6, 6.07) is 2.29. The highest BCUT2D eigenvalue weighted by Gasteiger charge is 2.30. The van der Waals surface area contributed by atoms with Gasteiger partial charge < -0.3 is 5.32 Å². The molecule has 2 rings (SSSR count). The quantitative estimate of drug-likeness (QED) is 0.714. The molecular formula is C13H26N2. The lowest BCUT2D eigenvalue weighted by Crippen LogP contribution is -2.58. The summed E-state index contributed by atoms with van der Waals surface area (Å²) in [6.07, 6.45) is 5.74. The Labute approximate surface area is 94.4 Å². The van der Waals surface area contributed by atoms with Crippen molar-refractivity contribution in [3.63, 3.8) is 0 Å². The molecule has 2 heteroatoms. The first-order chi connectivity index (χ1) is 7.16. The minimum Gasteiger partial charge on any atom is -0.311 e. The minimum absolute atomic E-state index is 0.681. The lowest BCUT2D eigenvalue weighted by Gasteiger charge is -2.44. The van der Waals surface area contributed by atoms with Crippen molar-refractivity contribution in [3.8, 4) is 0 Å². The van der Waals surface area contributed by atoms with Crippen LogP contribution in [0.2, 0.25) is 0 Å². The normalized spacial score (nSPS) is 44.2. The molecule has 1 saturated heterocycles. The Balaban J connectivity index is 1.90. The van der Waals surface area contributed by atoms with E-state index in [2.05, 4.69) is 31.0 Å². The molecule has 15 heavy (non-hydrogen) atoms. The van der Waals surface area contributed by atoms with Crippen LogP contribution in [0.3, 0.4) is 0 Å². The predicted octanol–water partition coefficient (Wildman–Crippen LogP) is 2.25. The van der Waals surface area contributed by atoms with Gasteiger partial charge >= 0.3 is 0 Å². The van der Waals surface area contributed by atoms with E-state index < -0.39 is 0 Å². The van der Waals surface area contributed by atoms with Crippen LogP contribution in [-0.4, -0.2) is 36.1 Å². The highest BCUT2D eigenvalue weighted by atomic mass is 15.2. The summed E-state index contributed by atoms with van der Waals surface area (Å²) in [4.78, 5) is 2.76. The van der Waals surface area contributed by atoms with Crippen LogP contribution in [-0.2, 0) is 0 Å². The second-order valence-corrected chi connectivity index (χ2v) is 5.77. The molecule has 88 valence electrons. The van der Waals surface area contributed by atoms with E-state index in [0.717, 1.165) is 18.0 Å². The predicted molar refractivity (Wildman–Crippen MR) is 65.1 cm³/mol. The molecule has 2 nitrogen and oxygen atoms in total. The molecule has 0 aromatic carbocycles. The summed E-state index contributed by atoms with van der Waals surface area (Å²) >= 11 is 0. The summed E-state index contributed by atoms with van der Waals surface area (Å²) < 4.78 is 0. The third-order valence-electron chi connectivity index (χ3n) is 4.27. The van der Waals surface area contributed by atoms with Crippen molar-refractivity contribution in [2.24, 2.45) is 5.92 Å². The zero-order valence-electron chi connectivity index (χ0n) is 10.5. The fourth-order valence-corrected chi connectivity index (χ4v) is 3.13.